The zero-order valence-electron chi connectivity index (χ0n) is 18.1. The molecule has 1 aromatic heterocycles. The molecule has 1 saturated carbocycles. The second-order valence-electron chi connectivity index (χ2n) is 8.32. The van der Waals surface area contributed by atoms with Crippen LogP contribution in [0.5, 0.6) is 0 Å². The number of nitrogens with zero attached hydrogens (tertiary/aromatic N) is 2. The molecule has 34 heavy (non-hydrogen) atoms. The van der Waals surface area contributed by atoms with Crippen LogP contribution in [0, 0.1) is 0 Å². The van der Waals surface area contributed by atoms with Gasteiger partial charge in [0.1, 0.15) is 11.9 Å². The van der Waals surface area contributed by atoms with Gasteiger partial charge in [-0.1, -0.05) is 36.2 Å². The van der Waals surface area contributed by atoms with Crippen LogP contribution in [0.4, 0.5) is 19.0 Å². The molecular weight excluding hydrogens is 516 g/mol. The fraction of sp³-hybridized carbons (Fsp3) is 0.429. The Bertz CT molecular complexity index is 1300. The van der Waals surface area contributed by atoms with Gasteiger partial charge in [0.2, 0.25) is 10.0 Å². The number of aromatic nitrogens is 2. The predicted octanol–water partition coefficient (Wildman–Crippen LogP) is 5.23. The molecule has 1 amide bonds. The molecule has 1 aromatic carbocycles. The molecule has 2 N–H and O–H groups in total. The Morgan fingerprint density at radius 3 is 2.50 bits per heavy atom. The van der Waals surface area contributed by atoms with Gasteiger partial charge in [-0.05, 0) is 49.8 Å². The number of alkyl halides is 3. The van der Waals surface area contributed by atoms with Crippen LogP contribution in [-0.2, 0) is 21.0 Å². The number of fused-ring (bicyclic) bond motifs is 1. The van der Waals surface area contributed by atoms with E-state index in [1.807, 2.05) is 4.72 Å². The molecule has 184 valence electrons. The Hall–Kier alpha value is -2.24. The SMILES string of the molecule is CCCS(=O)(=O)NC(=O)C1=C(C)Nc2c(C3CC3)c(C(F)(F)F)nn2C1c1ccc(Cl)c(Cl)c1. The number of anilines is 1. The van der Waals surface area contributed by atoms with Crippen molar-refractivity contribution >= 4 is 45.0 Å². The smallest absolute Gasteiger partial charge is 0.343 e. The zero-order valence-corrected chi connectivity index (χ0v) is 20.5. The van der Waals surface area contributed by atoms with Crippen molar-refractivity contribution in [2.24, 2.45) is 0 Å². The van der Waals surface area contributed by atoms with Crippen LogP contribution >= 0.6 is 23.2 Å². The quantitative estimate of drug-likeness (QED) is 0.527. The molecule has 4 rings (SSSR count). The van der Waals surface area contributed by atoms with Crippen LogP contribution in [0.1, 0.15) is 61.9 Å². The van der Waals surface area contributed by atoms with Gasteiger partial charge in [-0.15, -0.1) is 0 Å². The zero-order chi connectivity index (χ0) is 25.0. The van der Waals surface area contributed by atoms with E-state index in [4.69, 9.17) is 23.2 Å². The summed E-state index contributed by atoms with van der Waals surface area (Å²) in [7, 11) is -3.95. The second kappa shape index (κ2) is 8.76. The maximum absolute atomic E-state index is 13.9. The van der Waals surface area contributed by atoms with E-state index in [1.165, 1.54) is 25.1 Å². The standard InChI is InChI=1S/C21H21Cl2F3N4O3S/c1-3-8-34(32,33)29-20(31)15-10(2)27-19-16(11-4-5-11)18(21(24,25)26)28-30(19)17(15)12-6-7-13(22)14(23)9-12/h6-7,9,11,17,27H,3-5,8H2,1-2H3,(H,29,31). The van der Waals surface area contributed by atoms with Gasteiger partial charge >= 0.3 is 6.18 Å². The molecule has 0 bridgehead atoms. The van der Waals surface area contributed by atoms with E-state index < -0.39 is 33.8 Å². The van der Waals surface area contributed by atoms with E-state index in [0.717, 1.165) is 4.68 Å². The largest absolute Gasteiger partial charge is 0.435 e. The van der Waals surface area contributed by atoms with Gasteiger partial charge < -0.3 is 5.32 Å². The Morgan fingerprint density at radius 1 is 1.26 bits per heavy atom. The Kier molecular flexibility index (Phi) is 6.41. The van der Waals surface area contributed by atoms with Crippen molar-refractivity contribution in [1.29, 1.82) is 0 Å². The summed E-state index contributed by atoms with van der Waals surface area (Å²) in [5.74, 6) is -1.43. The number of hydrogen-bond acceptors (Lipinski definition) is 5. The highest BCUT2D eigenvalue weighted by atomic mass is 35.5. The third-order valence-corrected chi connectivity index (χ3v) is 7.84. The van der Waals surface area contributed by atoms with E-state index >= 15 is 0 Å². The van der Waals surface area contributed by atoms with Crippen molar-refractivity contribution in [3.63, 3.8) is 0 Å². The Balaban J connectivity index is 1.92. The third kappa shape index (κ3) is 4.65. The highest BCUT2D eigenvalue weighted by Crippen LogP contribution is 2.52. The van der Waals surface area contributed by atoms with E-state index in [2.05, 4.69) is 10.4 Å². The topological polar surface area (TPSA) is 93.1 Å². The number of halogens is 5. The summed E-state index contributed by atoms with van der Waals surface area (Å²) in [6.07, 6.45) is -3.26. The highest BCUT2D eigenvalue weighted by Gasteiger charge is 2.47. The first-order valence-corrected chi connectivity index (χ1v) is 12.9. The minimum absolute atomic E-state index is 0.0370. The maximum Gasteiger partial charge on any atom is 0.435 e. The van der Waals surface area contributed by atoms with Crippen LogP contribution < -0.4 is 10.0 Å². The number of hydrogen-bond donors (Lipinski definition) is 2. The van der Waals surface area contributed by atoms with Gasteiger partial charge in [0, 0.05) is 11.3 Å². The molecule has 1 aliphatic carbocycles. The molecular formula is C21H21Cl2F3N4O3S. The Labute approximate surface area is 204 Å². The van der Waals surface area contributed by atoms with Gasteiger partial charge in [0.25, 0.3) is 5.91 Å². The first kappa shape index (κ1) is 24.9. The lowest BCUT2D eigenvalue weighted by molar-refractivity contribution is -0.142. The number of sulfonamides is 1. The summed E-state index contributed by atoms with van der Waals surface area (Å²) >= 11 is 12.2. The minimum Gasteiger partial charge on any atom is -0.343 e. The lowest BCUT2D eigenvalue weighted by Crippen LogP contribution is -2.39. The normalized spacial score (nSPS) is 18.5. The fourth-order valence-electron chi connectivity index (χ4n) is 4.10. The van der Waals surface area contributed by atoms with E-state index in [0.29, 0.717) is 18.4 Å². The van der Waals surface area contributed by atoms with Gasteiger partial charge in [0.05, 0.1) is 21.4 Å². The van der Waals surface area contributed by atoms with E-state index in [1.54, 1.807) is 6.92 Å². The molecule has 2 aromatic rings. The molecule has 2 heterocycles. The molecule has 13 heteroatoms. The number of carbonyl (C=O) groups is 1. The number of carbonyl (C=O) groups excluding carboxylic acids is 1. The summed E-state index contributed by atoms with van der Waals surface area (Å²) < 4.78 is 69.4. The number of allylic oxidation sites excluding steroid dienone is 1. The molecule has 1 atom stereocenters. The lowest BCUT2D eigenvalue weighted by Gasteiger charge is -2.30. The lowest BCUT2D eigenvalue weighted by atomic mass is 9.94. The minimum atomic E-state index is -4.72. The fourth-order valence-corrected chi connectivity index (χ4v) is 5.44. The van der Waals surface area contributed by atoms with Crippen molar-refractivity contribution in [2.75, 3.05) is 11.1 Å². The molecule has 1 aliphatic heterocycles. The van der Waals surface area contributed by atoms with E-state index in [-0.39, 0.29) is 50.8 Å². The first-order valence-electron chi connectivity index (χ1n) is 10.5. The molecule has 0 radical (unpaired) electrons. The summed E-state index contributed by atoms with van der Waals surface area (Å²) in [6.45, 7) is 3.15. The van der Waals surface area contributed by atoms with Gasteiger partial charge in [-0.25, -0.2) is 17.8 Å². The summed E-state index contributed by atoms with van der Waals surface area (Å²) in [4.78, 5) is 13.2. The Morgan fingerprint density at radius 2 is 1.94 bits per heavy atom. The molecule has 0 saturated heterocycles. The van der Waals surface area contributed by atoms with Crippen LogP contribution in [0.15, 0.2) is 29.5 Å². The highest BCUT2D eigenvalue weighted by molar-refractivity contribution is 7.90. The van der Waals surface area contributed by atoms with Gasteiger partial charge in [-0.2, -0.15) is 18.3 Å². The second-order valence-corrected chi connectivity index (χ2v) is 11.0. The van der Waals surface area contributed by atoms with Crippen molar-refractivity contribution in [2.45, 2.75) is 51.2 Å². The van der Waals surface area contributed by atoms with Gasteiger partial charge in [0.15, 0.2) is 5.69 Å². The van der Waals surface area contributed by atoms with Crippen LogP contribution in [0.2, 0.25) is 10.0 Å². The third-order valence-electron chi connectivity index (χ3n) is 5.65. The average molecular weight is 537 g/mol. The number of benzene rings is 1. The maximum atomic E-state index is 13.9. The average Bonchev–Trinajstić information content (AvgIpc) is 3.47. The predicted molar refractivity (Wildman–Crippen MR) is 122 cm³/mol. The van der Waals surface area contributed by atoms with Crippen molar-refractivity contribution in [3.8, 4) is 0 Å². The summed E-state index contributed by atoms with van der Waals surface area (Å²) in [5.41, 5.74) is -0.550. The molecule has 7 nitrogen and oxygen atoms in total. The number of nitrogens with one attached hydrogen (secondary N) is 2. The number of rotatable bonds is 6. The monoisotopic (exact) mass is 536 g/mol. The van der Waals surface area contributed by atoms with Crippen molar-refractivity contribution in [1.82, 2.24) is 14.5 Å². The van der Waals surface area contributed by atoms with Crippen molar-refractivity contribution in [3.05, 3.63) is 56.3 Å². The van der Waals surface area contributed by atoms with Crippen molar-refractivity contribution < 1.29 is 26.4 Å². The first-order chi connectivity index (χ1) is 15.8. The molecule has 1 unspecified atom stereocenters. The van der Waals surface area contributed by atoms with Crippen LogP contribution in [0.25, 0.3) is 0 Å². The van der Waals surface area contributed by atoms with Crippen LogP contribution in [0.3, 0.4) is 0 Å². The summed E-state index contributed by atoms with van der Waals surface area (Å²) in [6, 6.07) is 3.23. The number of amides is 1. The molecule has 2 aliphatic rings. The van der Waals surface area contributed by atoms with E-state index in [9.17, 15) is 26.4 Å². The molecule has 0 spiro atoms. The molecule has 1 fully saturated rings. The summed E-state index contributed by atoms with van der Waals surface area (Å²) in [5, 5.41) is 7.11. The van der Waals surface area contributed by atoms with Crippen LogP contribution in [-0.4, -0.2) is 29.9 Å². The van der Waals surface area contributed by atoms with Gasteiger partial charge in [-0.3, -0.25) is 4.79 Å².